The third-order valence-corrected chi connectivity index (χ3v) is 6.09. The van der Waals surface area contributed by atoms with Crippen LogP contribution in [0.2, 0.25) is 0 Å². The molecule has 6 nitrogen and oxygen atoms in total. The van der Waals surface area contributed by atoms with Crippen LogP contribution in [0, 0.1) is 0 Å². The number of rotatable bonds is 5. The lowest BCUT2D eigenvalue weighted by molar-refractivity contribution is -0.138. The summed E-state index contributed by atoms with van der Waals surface area (Å²) in [7, 11) is 0. The molecule has 2 aliphatic heterocycles. The average Bonchev–Trinajstić information content (AvgIpc) is 2.98. The maximum absolute atomic E-state index is 13.0. The minimum atomic E-state index is -0.535. The SMILES string of the molecule is C[C@H]1CCCCN1C(=O)c1cccc(NC2=C(Cl)C(=O)N(Cc3ccccc3)C2=O)c1. The molecule has 1 saturated heterocycles. The lowest BCUT2D eigenvalue weighted by atomic mass is 10.0. The molecule has 1 fully saturated rings. The zero-order valence-corrected chi connectivity index (χ0v) is 18.1. The van der Waals surface area contributed by atoms with Gasteiger partial charge in [-0.15, -0.1) is 0 Å². The lowest BCUT2D eigenvalue weighted by Gasteiger charge is -2.33. The Morgan fingerprint density at radius 2 is 1.84 bits per heavy atom. The van der Waals surface area contributed by atoms with Crippen LogP contribution in [0.5, 0.6) is 0 Å². The van der Waals surface area contributed by atoms with Crippen molar-refractivity contribution in [3.63, 3.8) is 0 Å². The Labute approximate surface area is 186 Å². The molecule has 31 heavy (non-hydrogen) atoms. The minimum absolute atomic E-state index is 0.0264. The first-order chi connectivity index (χ1) is 15.0. The largest absolute Gasteiger partial charge is 0.350 e. The van der Waals surface area contributed by atoms with Crippen molar-refractivity contribution in [1.29, 1.82) is 0 Å². The second kappa shape index (κ2) is 8.94. The Bertz CT molecular complexity index is 1050. The number of imide groups is 1. The fourth-order valence-corrected chi connectivity index (χ4v) is 4.23. The van der Waals surface area contributed by atoms with E-state index < -0.39 is 11.8 Å². The topological polar surface area (TPSA) is 69.7 Å². The predicted octanol–water partition coefficient (Wildman–Crippen LogP) is 4.13. The molecule has 2 aliphatic rings. The Morgan fingerprint density at radius 3 is 2.58 bits per heavy atom. The summed E-state index contributed by atoms with van der Waals surface area (Å²) >= 11 is 6.21. The molecule has 0 aromatic heterocycles. The third kappa shape index (κ3) is 4.35. The van der Waals surface area contributed by atoms with Gasteiger partial charge in [0.05, 0.1) is 6.54 Å². The van der Waals surface area contributed by atoms with Crippen LogP contribution >= 0.6 is 11.6 Å². The van der Waals surface area contributed by atoms with Crippen molar-refractivity contribution in [3.8, 4) is 0 Å². The highest BCUT2D eigenvalue weighted by Crippen LogP contribution is 2.28. The predicted molar refractivity (Wildman–Crippen MR) is 119 cm³/mol. The Morgan fingerprint density at radius 1 is 1.06 bits per heavy atom. The van der Waals surface area contributed by atoms with Gasteiger partial charge in [0.15, 0.2) is 0 Å². The van der Waals surface area contributed by atoms with Gasteiger partial charge in [-0.25, -0.2) is 0 Å². The first kappa shape index (κ1) is 21.1. The summed E-state index contributed by atoms with van der Waals surface area (Å²) in [4.78, 5) is 41.4. The summed E-state index contributed by atoms with van der Waals surface area (Å²) in [5.41, 5.74) is 1.93. The summed E-state index contributed by atoms with van der Waals surface area (Å²) in [5, 5.41) is 2.81. The molecular formula is C24H24ClN3O3. The molecule has 1 N–H and O–H groups in total. The molecule has 0 saturated carbocycles. The molecule has 1 atom stereocenters. The van der Waals surface area contributed by atoms with Gasteiger partial charge in [-0.3, -0.25) is 19.3 Å². The molecule has 4 rings (SSSR count). The molecule has 0 radical (unpaired) electrons. The van der Waals surface area contributed by atoms with E-state index in [9.17, 15) is 14.4 Å². The standard InChI is InChI=1S/C24H24ClN3O3/c1-16-8-5-6-13-27(16)22(29)18-11-7-12-19(14-18)26-21-20(25)23(30)28(24(21)31)15-17-9-3-2-4-10-17/h2-4,7,9-12,14,16,26H,5-6,8,13,15H2,1H3/t16-/m0/s1. The number of carbonyl (C=O) groups is 3. The number of nitrogens with one attached hydrogen (secondary N) is 1. The van der Waals surface area contributed by atoms with Crippen molar-refractivity contribution < 1.29 is 14.4 Å². The van der Waals surface area contributed by atoms with Crippen molar-refractivity contribution in [2.24, 2.45) is 0 Å². The number of halogens is 1. The van der Waals surface area contributed by atoms with E-state index in [2.05, 4.69) is 12.2 Å². The van der Waals surface area contributed by atoms with Gasteiger partial charge in [0, 0.05) is 23.8 Å². The molecule has 0 spiro atoms. The van der Waals surface area contributed by atoms with Gasteiger partial charge >= 0.3 is 0 Å². The third-order valence-electron chi connectivity index (χ3n) is 5.74. The van der Waals surface area contributed by atoms with Crippen molar-refractivity contribution >= 4 is 35.0 Å². The van der Waals surface area contributed by atoms with Gasteiger partial charge in [-0.05, 0) is 49.9 Å². The molecule has 2 heterocycles. The van der Waals surface area contributed by atoms with E-state index in [1.165, 1.54) is 0 Å². The molecule has 7 heteroatoms. The Hall–Kier alpha value is -3.12. The molecule has 160 valence electrons. The van der Waals surface area contributed by atoms with Crippen LogP contribution in [0.15, 0.2) is 65.3 Å². The van der Waals surface area contributed by atoms with Crippen molar-refractivity contribution in [2.75, 3.05) is 11.9 Å². The van der Waals surface area contributed by atoms with Gasteiger partial charge in [0.2, 0.25) is 0 Å². The molecule has 3 amide bonds. The summed E-state index contributed by atoms with van der Waals surface area (Å²) in [6, 6.07) is 16.4. The molecule has 2 aromatic rings. The zero-order chi connectivity index (χ0) is 22.0. The van der Waals surface area contributed by atoms with E-state index in [-0.39, 0.29) is 29.2 Å². The first-order valence-corrected chi connectivity index (χ1v) is 10.8. The highest BCUT2D eigenvalue weighted by Gasteiger charge is 2.37. The molecular weight excluding hydrogens is 414 g/mol. The monoisotopic (exact) mass is 437 g/mol. The van der Waals surface area contributed by atoms with Crippen LogP contribution in [-0.2, 0) is 16.1 Å². The van der Waals surface area contributed by atoms with Gasteiger partial charge in [0.25, 0.3) is 17.7 Å². The Balaban J connectivity index is 1.51. The fourth-order valence-electron chi connectivity index (χ4n) is 4.00. The van der Waals surface area contributed by atoms with E-state index in [1.807, 2.05) is 35.2 Å². The van der Waals surface area contributed by atoms with Crippen LogP contribution in [0.4, 0.5) is 5.69 Å². The number of nitrogens with zero attached hydrogens (tertiary/aromatic N) is 2. The highest BCUT2D eigenvalue weighted by atomic mass is 35.5. The van der Waals surface area contributed by atoms with E-state index in [4.69, 9.17) is 11.6 Å². The number of hydrogen-bond donors (Lipinski definition) is 1. The number of amides is 3. The fraction of sp³-hybridized carbons (Fsp3) is 0.292. The number of carbonyl (C=O) groups excluding carboxylic acids is 3. The van der Waals surface area contributed by atoms with E-state index in [0.29, 0.717) is 11.3 Å². The molecule has 2 aromatic carbocycles. The van der Waals surface area contributed by atoms with Crippen LogP contribution in [0.1, 0.15) is 42.1 Å². The second-order valence-electron chi connectivity index (χ2n) is 7.92. The molecule has 0 unspecified atom stereocenters. The maximum atomic E-state index is 13.0. The van der Waals surface area contributed by atoms with Gasteiger partial charge < -0.3 is 10.2 Å². The van der Waals surface area contributed by atoms with Gasteiger partial charge in [-0.1, -0.05) is 48.0 Å². The number of piperidine rings is 1. The minimum Gasteiger partial charge on any atom is -0.350 e. The summed E-state index contributed by atoms with van der Waals surface area (Å²) in [5.74, 6) is -1.05. The van der Waals surface area contributed by atoms with Crippen LogP contribution in [0.25, 0.3) is 0 Å². The van der Waals surface area contributed by atoms with Crippen LogP contribution < -0.4 is 5.32 Å². The lowest BCUT2D eigenvalue weighted by Crippen LogP contribution is -2.42. The number of likely N-dealkylation sites (tertiary alicyclic amines) is 1. The maximum Gasteiger partial charge on any atom is 0.279 e. The summed E-state index contributed by atoms with van der Waals surface area (Å²) in [6.07, 6.45) is 3.14. The highest BCUT2D eigenvalue weighted by molar-refractivity contribution is 6.48. The second-order valence-corrected chi connectivity index (χ2v) is 8.30. The van der Waals surface area contributed by atoms with Crippen molar-refractivity contribution in [3.05, 3.63) is 76.5 Å². The van der Waals surface area contributed by atoms with E-state index in [0.717, 1.165) is 36.3 Å². The number of hydrogen-bond acceptors (Lipinski definition) is 4. The number of benzene rings is 2. The normalized spacial score (nSPS) is 19.2. The number of anilines is 1. The van der Waals surface area contributed by atoms with Crippen molar-refractivity contribution in [1.82, 2.24) is 9.80 Å². The average molecular weight is 438 g/mol. The Kier molecular flexibility index (Phi) is 6.09. The molecule has 0 bridgehead atoms. The first-order valence-electron chi connectivity index (χ1n) is 10.4. The van der Waals surface area contributed by atoms with E-state index in [1.54, 1.807) is 24.3 Å². The van der Waals surface area contributed by atoms with Gasteiger partial charge in [0.1, 0.15) is 10.7 Å². The smallest absolute Gasteiger partial charge is 0.279 e. The molecule has 0 aliphatic carbocycles. The zero-order valence-electron chi connectivity index (χ0n) is 17.3. The van der Waals surface area contributed by atoms with Gasteiger partial charge in [-0.2, -0.15) is 0 Å². The van der Waals surface area contributed by atoms with Crippen LogP contribution in [0.3, 0.4) is 0 Å². The summed E-state index contributed by atoms with van der Waals surface area (Å²) in [6.45, 7) is 2.95. The summed E-state index contributed by atoms with van der Waals surface area (Å²) < 4.78 is 0. The quantitative estimate of drug-likeness (QED) is 0.714. The van der Waals surface area contributed by atoms with Crippen LogP contribution in [-0.4, -0.2) is 40.1 Å². The van der Waals surface area contributed by atoms with E-state index >= 15 is 0 Å². The van der Waals surface area contributed by atoms with Crippen molar-refractivity contribution in [2.45, 2.75) is 38.8 Å².